The molecule has 0 spiro atoms. The maximum atomic E-state index is 11.7. The second-order valence-electron chi connectivity index (χ2n) is 3.68. The van der Waals surface area contributed by atoms with Gasteiger partial charge in [0, 0.05) is 12.1 Å². The summed E-state index contributed by atoms with van der Waals surface area (Å²) in [5, 5.41) is 19.7. The number of sulfonamides is 1. The monoisotopic (exact) mass is 260 g/mol. The van der Waals surface area contributed by atoms with Crippen LogP contribution in [0.2, 0.25) is 0 Å². The van der Waals surface area contributed by atoms with Gasteiger partial charge in [-0.15, -0.1) is 0 Å². The molecular weight excluding hydrogens is 248 g/mol. The maximum Gasteiger partial charge on any atom is 0.312 e. The standard InChI is InChI=1S/C9H12N2O5S/c1-6(2)10-17(15,16)7-3-4-9(12)8(5-7)11(13)14/h3-6,10,12H,1-2H3. The van der Waals surface area contributed by atoms with E-state index in [9.17, 15) is 23.6 Å². The third kappa shape index (κ3) is 3.14. The first-order valence-electron chi connectivity index (χ1n) is 4.74. The predicted octanol–water partition coefficient (Wildman–Crippen LogP) is 0.987. The summed E-state index contributed by atoms with van der Waals surface area (Å²) in [6, 6.07) is 2.58. The van der Waals surface area contributed by atoms with Gasteiger partial charge >= 0.3 is 5.69 Å². The topological polar surface area (TPSA) is 110 Å². The van der Waals surface area contributed by atoms with Gasteiger partial charge in [-0.3, -0.25) is 10.1 Å². The SMILES string of the molecule is CC(C)NS(=O)(=O)c1ccc(O)c([N+](=O)[O-])c1. The molecule has 0 fully saturated rings. The number of aromatic hydroxyl groups is 1. The molecule has 0 radical (unpaired) electrons. The summed E-state index contributed by atoms with van der Waals surface area (Å²) in [4.78, 5) is 9.46. The Labute approximate surface area is 98.3 Å². The van der Waals surface area contributed by atoms with Crippen LogP contribution >= 0.6 is 0 Å². The highest BCUT2D eigenvalue weighted by atomic mass is 32.2. The van der Waals surface area contributed by atoms with Crippen LogP contribution < -0.4 is 4.72 Å². The molecule has 7 nitrogen and oxygen atoms in total. The number of hydrogen-bond donors (Lipinski definition) is 2. The van der Waals surface area contributed by atoms with Gasteiger partial charge in [0.25, 0.3) is 0 Å². The van der Waals surface area contributed by atoms with Crippen molar-refractivity contribution < 1.29 is 18.4 Å². The van der Waals surface area contributed by atoms with E-state index in [1.54, 1.807) is 13.8 Å². The lowest BCUT2D eigenvalue weighted by Gasteiger charge is -2.09. The average molecular weight is 260 g/mol. The molecular formula is C9H12N2O5S. The van der Waals surface area contributed by atoms with Gasteiger partial charge in [0.05, 0.1) is 9.82 Å². The molecule has 0 aliphatic heterocycles. The van der Waals surface area contributed by atoms with Crippen LogP contribution in [0.5, 0.6) is 5.75 Å². The highest BCUT2D eigenvalue weighted by molar-refractivity contribution is 7.89. The summed E-state index contributed by atoms with van der Waals surface area (Å²) in [6.45, 7) is 3.26. The first-order valence-corrected chi connectivity index (χ1v) is 6.22. The lowest BCUT2D eigenvalue weighted by molar-refractivity contribution is -0.386. The Hall–Kier alpha value is -1.67. The quantitative estimate of drug-likeness (QED) is 0.619. The van der Waals surface area contributed by atoms with Crippen molar-refractivity contribution in [3.05, 3.63) is 28.3 Å². The van der Waals surface area contributed by atoms with E-state index in [2.05, 4.69) is 4.72 Å². The molecule has 94 valence electrons. The van der Waals surface area contributed by atoms with Gasteiger partial charge in [0.1, 0.15) is 0 Å². The van der Waals surface area contributed by atoms with E-state index in [-0.39, 0.29) is 10.9 Å². The van der Waals surface area contributed by atoms with Gasteiger partial charge in [-0.2, -0.15) is 0 Å². The van der Waals surface area contributed by atoms with E-state index in [4.69, 9.17) is 0 Å². The van der Waals surface area contributed by atoms with Crippen molar-refractivity contribution in [2.45, 2.75) is 24.8 Å². The highest BCUT2D eigenvalue weighted by Gasteiger charge is 2.21. The Morgan fingerprint density at radius 1 is 1.41 bits per heavy atom. The molecule has 0 saturated carbocycles. The normalized spacial score (nSPS) is 11.7. The average Bonchev–Trinajstić information content (AvgIpc) is 2.15. The van der Waals surface area contributed by atoms with Crippen LogP contribution in [-0.4, -0.2) is 24.5 Å². The molecule has 8 heteroatoms. The summed E-state index contributed by atoms with van der Waals surface area (Å²) in [7, 11) is -3.80. The van der Waals surface area contributed by atoms with Crippen LogP contribution in [0, 0.1) is 10.1 Å². The minimum Gasteiger partial charge on any atom is -0.502 e. The maximum absolute atomic E-state index is 11.7. The van der Waals surface area contributed by atoms with Gasteiger partial charge in [0.2, 0.25) is 10.0 Å². The molecule has 0 atom stereocenters. The summed E-state index contributed by atoms with van der Waals surface area (Å²) in [5.74, 6) is -0.571. The Kier molecular flexibility index (Phi) is 3.69. The smallest absolute Gasteiger partial charge is 0.312 e. The van der Waals surface area contributed by atoms with Gasteiger partial charge in [0.15, 0.2) is 5.75 Å². The molecule has 0 saturated heterocycles. The summed E-state index contributed by atoms with van der Waals surface area (Å²) in [5.41, 5.74) is -0.642. The number of nitrogens with one attached hydrogen (secondary N) is 1. The van der Waals surface area contributed by atoms with E-state index < -0.39 is 26.4 Å². The van der Waals surface area contributed by atoms with Gasteiger partial charge in [-0.1, -0.05) is 0 Å². The Balaban J connectivity index is 3.25. The first kappa shape index (κ1) is 13.4. The van der Waals surface area contributed by atoms with Crippen LogP contribution in [0.1, 0.15) is 13.8 Å². The zero-order chi connectivity index (χ0) is 13.2. The molecule has 0 aromatic heterocycles. The molecule has 1 rings (SSSR count). The zero-order valence-electron chi connectivity index (χ0n) is 9.25. The summed E-state index contributed by atoms with van der Waals surface area (Å²) >= 11 is 0. The number of phenolic OH excluding ortho intramolecular Hbond substituents is 1. The van der Waals surface area contributed by atoms with Crippen molar-refractivity contribution in [2.24, 2.45) is 0 Å². The summed E-state index contributed by atoms with van der Waals surface area (Å²) in [6.07, 6.45) is 0. The number of nitro benzene ring substituents is 1. The largest absolute Gasteiger partial charge is 0.502 e. The Morgan fingerprint density at radius 2 is 2.00 bits per heavy atom. The third-order valence-corrected chi connectivity index (χ3v) is 3.50. The minimum atomic E-state index is -3.80. The van der Waals surface area contributed by atoms with Crippen molar-refractivity contribution in [1.29, 1.82) is 0 Å². The first-order chi connectivity index (χ1) is 7.74. The number of benzene rings is 1. The second-order valence-corrected chi connectivity index (χ2v) is 5.40. The number of phenols is 1. The van der Waals surface area contributed by atoms with Gasteiger partial charge in [-0.05, 0) is 26.0 Å². The van der Waals surface area contributed by atoms with Crippen molar-refractivity contribution in [2.75, 3.05) is 0 Å². The zero-order valence-corrected chi connectivity index (χ0v) is 10.1. The molecule has 1 aromatic rings. The van der Waals surface area contributed by atoms with E-state index in [0.29, 0.717) is 0 Å². The second kappa shape index (κ2) is 4.68. The van der Waals surface area contributed by atoms with E-state index >= 15 is 0 Å². The van der Waals surface area contributed by atoms with Gasteiger partial charge < -0.3 is 5.11 Å². The fourth-order valence-electron chi connectivity index (χ4n) is 1.19. The molecule has 0 bridgehead atoms. The fourth-order valence-corrected chi connectivity index (χ4v) is 2.47. The number of nitro groups is 1. The van der Waals surface area contributed by atoms with Crippen LogP contribution in [-0.2, 0) is 10.0 Å². The third-order valence-electron chi connectivity index (χ3n) is 1.84. The molecule has 1 aromatic carbocycles. The highest BCUT2D eigenvalue weighted by Crippen LogP contribution is 2.28. The van der Waals surface area contributed by atoms with Crippen LogP contribution in [0.15, 0.2) is 23.1 Å². The molecule has 0 aliphatic rings. The van der Waals surface area contributed by atoms with Crippen LogP contribution in [0.3, 0.4) is 0 Å². The van der Waals surface area contributed by atoms with E-state index in [0.717, 1.165) is 18.2 Å². The molecule has 0 unspecified atom stereocenters. The fraction of sp³-hybridized carbons (Fsp3) is 0.333. The van der Waals surface area contributed by atoms with Crippen molar-refractivity contribution in [3.63, 3.8) is 0 Å². The Morgan fingerprint density at radius 3 is 2.47 bits per heavy atom. The number of nitrogens with zero attached hydrogens (tertiary/aromatic N) is 1. The van der Waals surface area contributed by atoms with Crippen molar-refractivity contribution in [1.82, 2.24) is 4.72 Å². The summed E-state index contributed by atoms with van der Waals surface area (Å²) < 4.78 is 25.7. The van der Waals surface area contributed by atoms with Crippen molar-refractivity contribution in [3.8, 4) is 5.75 Å². The molecule has 0 amide bonds. The van der Waals surface area contributed by atoms with E-state index in [1.165, 1.54) is 0 Å². The van der Waals surface area contributed by atoms with Crippen molar-refractivity contribution >= 4 is 15.7 Å². The lowest BCUT2D eigenvalue weighted by Crippen LogP contribution is -2.30. The lowest BCUT2D eigenvalue weighted by atomic mass is 10.3. The molecule has 0 heterocycles. The molecule has 0 aliphatic carbocycles. The number of rotatable bonds is 4. The van der Waals surface area contributed by atoms with Crippen LogP contribution in [0.25, 0.3) is 0 Å². The Bertz CT molecular complexity index is 538. The molecule has 2 N–H and O–H groups in total. The van der Waals surface area contributed by atoms with E-state index in [1.807, 2.05) is 0 Å². The minimum absolute atomic E-state index is 0.254. The molecule has 17 heavy (non-hydrogen) atoms. The van der Waals surface area contributed by atoms with Gasteiger partial charge in [-0.25, -0.2) is 13.1 Å². The van der Waals surface area contributed by atoms with Crippen LogP contribution in [0.4, 0.5) is 5.69 Å². The predicted molar refractivity (Wildman–Crippen MR) is 60.2 cm³/mol. The number of hydrogen-bond acceptors (Lipinski definition) is 5.